The first-order valence-electron chi connectivity index (χ1n) is 9.75. The average molecular weight is 481 g/mol. The van der Waals surface area contributed by atoms with Gasteiger partial charge in [0.2, 0.25) is 0 Å². The number of hydroxylamine groups is 1. The molecule has 2 aliphatic rings. The Labute approximate surface area is 179 Å². The molecule has 0 radical (unpaired) electrons. The van der Waals surface area contributed by atoms with Crippen LogP contribution in [0.5, 0.6) is 5.75 Å². The summed E-state index contributed by atoms with van der Waals surface area (Å²) in [6, 6.07) is 7.96. The fraction of sp³-hybridized carbons (Fsp3) is 0.450. The van der Waals surface area contributed by atoms with E-state index in [1.807, 2.05) is 35.3 Å². The van der Waals surface area contributed by atoms with E-state index in [1.54, 1.807) is 19.3 Å². The van der Waals surface area contributed by atoms with Crippen molar-refractivity contribution in [1.29, 1.82) is 0 Å². The molecule has 2 unspecified atom stereocenters. The molecule has 9 nitrogen and oxygen atoms in total. The molecule has 10 heteroatoms. The summed E-state index contributed by atoms with van der Waals surface area (Å²) in [4.78, 5) is 15.6. The van der Waals surface area contributed by atoms with Crippen molar-refractivity contribution in [2.45, 2.75) is 24.2 Å². The van der Waals surface area contributed by atoms with Gasteiger partial charge in [0, 0.05) is 0 Å². The number of ether oxygens (including phenoxy) is 1. The second-order valence-corrected chi connectivity index (χ2v) is 11.8. The predicted octanol–water partition coefficient (Wildman–Crippen LogP) is 1.53. The number of hydrogen-bond acceptors (Lipinski definition) is 8. The third kappa shape index (κ3) is 4.88. The summed E-state index contributed by atoms with van der Waals surface area (Å²) in [5.74, 6) is 0.297. The standard InChI is InChI=1S/C20H28AsN3O6/c1-17(25)22-29-21(26,30-27)20(9-4-3-5-10-20)24-13-11-23(12-14-24)16-18-7-6-8-19(15-18)28-2/h3-9,15,27H,10-14,16H2,1-2H3,(H,22,25). The molecule has 3 rings (SSSR count). The number of methoxy groups -OCH3 is 1. The van der Waals surface area contributed by atoms with Gasteiger partial charge in [-0.1, -0.05) is 0 Å². The van der Waals surface area contributed by atoms with Gasteiger partial charge < -0.3 is 0 Å². The van der Waals surface area contributed by atoms with E-state index < -0.39 is 24.4 Å². The SMILES string of the molecule is COc1cccc(CN2CCN(C3([As](=O)(OO)ONC(C)=O)C=CC=CC3)CC2)c1. The predicted molar refractivity (Wildman–Crippen MR) is 111 cm³/mol. The summed E-state index contributed by atoms with van der Waals surface area (Å²) in [7, 11) is 1.65. The van der Waals surface area contributed by atoms with Crippen LogP contribution in [0.3, 0.4) is 0 Å². The Morgan fingerprint density at radius 2 is 2.03 bits per heavy atom. The molecule has 1 aliphatic heterocycles. The van der Waals surface area contributed by atoms with Gasteiger partial charge in [0.1, 0.15) is 0 Å². The van der Waals surface area contributed by atoms with Gasteiger partial charge in [-0.15, -0.1) is 0 Å². The van der Waals surface area contributed by atoms with Gasteiger partial charge in [-0.2, -0.15) is 0 Å². The van der Waals surface area contributed by atoms with E-state index in [2.05, 4.69) is 20.3 Å². The van der Waals surface area contributed by atoms with E-state index >= 15 is 0 Å². The number of benzene rings is 1. The molecule has 1 aliphatic carbocycles. The molecular weight excluding hydrogens is 453 g/mol. The van der Waals surface area contributed by atoms with Crippen molar-refractivity contribution in [3.63, 3.8) is 0 Å². The van der Waals surface area contributed by atoms with Crippen LogP contribution in [0.1, 0.15) is 18.9 Å². The fourth-order valence-corrected chi connectivity index (χ4v) is 7.44. The Bertz CT molecular complexity index is 853. The Morgan fingerprint density at radius 1 is 1.27 bits per heavy atom. The summed E-state index contributed by atoms with van der Waals surface area (Å²) in [5, 5.41) is 9.52. The number of hydrogen-bond donors (Lipinski definition) is 2. The van der Waals surface area contributed by atoms with Gasteiger partial charge in [-0.05, 0) is 0 Å². The number of amides is 1. The molecule has 0 aromatic heterocycles. The van der Waals surface area contributed by atoms with Crippen molar-refractivity contribution < 1.29 is 26.2 Å². The van der Waals surface area contributed by atoms with Gasteiger partial charge in [0.25, 0.3) is 0 Å². The molecule has 1 fully saturated rings. The van der Waals surface area contributed by atoms with Crippen molar-refractivity contribution in [3.05, 3.63) is 54.1 Å². The zero-order chi connectivity index (χ0) is 21.6. The summed E-state index contributed by atoms with van der Waals surface area (Å²) in [6.07, 6.45) is 7.54. The van der Waals surface area contributed by atoms with E-state index in [9.17, 15) is 13.8 Å². The quantitative estimate of drug-likeness (QED) is 0.328. The van der Waals surface area contributed by atoms with Crippen molar-refractivity contribution in [2.24, 2.45) is 0 Å². The molecule has 2 atom stereocenters. The molecule has 1 saturated heterocycles. The number of piperazine rings is 1. The van der Waals surface area contributed by atoms with Gasteiger partial charge in [0.05, 0.1) is 0 Å². The van der Waals surface area contributed by atoms with Gasteiger partial charge >= 0.3 is 179 Å². The van der Waals surface area contributed by atoms with Crippen LogP contribution < -0.4 is 10.2 Å². The molecule has 0 saturated carbocycles. The maximum absolute atomic E-state index is 13.5. The fourth-order valence-electron chi connectivity index (χ4n) is 3.82. The number of carbonyl (C=O) groups is 1. The van der Waals surface area contributed by atoms with Gasteiger partial charge in [-0.3, -0.25) is 0 Å². The van der Waals surface area contributed by atoms with Crippen molar-refractivity contribution in [3.8, 4) is 5.75 Å². The van der Waals surface area contributed by atoms with Crippen LogP contribution in [0.2, 0.25) is 0 Å². The minimum absolute atomic E-state index is 0.343. The van der Waals surface area contributed by atoms with Gasteiger partial charge in [0.15, 0.2) is 0 Å². The normalized spacial score (nSPS) is 24.4. The topological polar surface area (TPSA) is 101 Å². The monoisotopic (exact) mass is 481 g/mol. The zero-order valence-electron chi connectivity index (χ0n) is 17.2. The molecule has 1 heterocycles. The summed E-state index contributed by atoms with van der Waals surface area (Å²) in [6.45, 7) is 4.67. The summed E-state index contributed by atoms with van der Waals surface area (Å²) in [5.41, 5.74) is 3.24. The molecule has 0 spiro atoms. The second-order valence-electron chi connectivity index (χ2n) is 7.31. The molecule has 2 N–H and O–H groups in total. The number of allylic oxidation sites excluding steroid dienone is 2. The van der Waals surface area contributed by atoms with Crippen LogP contribution in [-0.4, -0.2) is 72.8 Å². The first kappa shape index (κ1) is 22.8. The molecule has 1 aromatic rings. The molecule has 164 valence electrons. The van der Waals surface area contributed by atoms with E-state index in [4.69, 9.17) is 8.56 Å². The van der Waals surface area contributed by atoms with Crippen molar-refractivity contribution in [2.75, 3.05) is 33.3 Å². The van der Waals surface area contributed by atoms with Gasteiger partial charge in [-0.25, -0.2) is 0 Å². The number of nitrogens with zero attached hydrogens (tertiary/aromatic N) is 2. The molecule has 30 heavy (non-hydrogen) atoms. The van der Waals surface area contributed by atoms with Crippen LogP contribution in [0, 0.1) is 0 Å². The zero-order valence-corrected chi connectivity index (χ0v) is 19.1. The number of nitrogens with one attached hydrogen (secondary N) is 1. The number of rotatable bonds is 8. The van der Waals surface area contributed by atoms with Crippen LogP contribution in [0.4, 0.5) is 0 Å². The van der Waals surface area contributed by atoms with Crippen LogP contribution in [0.15, 0.2) is 48.6 Å². The first-order chi connectivity index (χ1) is 14.4. The van der Waals surface area contributed by atoms with Crippen LogP contribution >= 0.6 is 0 Å². The Kier molecular flexibility index (Phi) is 7.57. The Hall–Kier alpha value is -1.87. The second kappa shape index (κ2) is 9.96. The van der Waals surface area contributed by atoms with E-state index in [-0.39, 0.29) is 0 Å². The number of carbonyl (C=O) groups excluding carboxylic acids is 1. The Morgan fingerprint density at radius 3 is 2.63 bits per heavy atom. The minimum atomic E-state index is -4.93. The third-order valence-electron chi connectivity index (χ3n) is 5.38. The van der Waals surface area contributed by atoms with E-state index in [1.165, 1.54) is 6.92 Å². The van der Waals surface area contributed by atoms with E-state index in [0.29, 0.717) is 19.5 Å². The molecule has 1 aromatic carbocycles. The molecular formula is C20H28AsN3O6. The Balaban J connectivity index is 1.72. The third-order valence-corrected chi connectivity index (χ3v) is 9.81. The maximum atomic E-state index is 13.5. The van der Waals surface area contributed by atoms with E-state index in [0.717, 1.165) is 30.9 Å². The van der Waals surface area contributed by atoms with Crippen LogP contribution in [0.25, 0.3) is 0 Å². The van der Waals surface area contributed by atoms with Crippen molar-refractivity contribution in [1.82, 2.24) is 15.3 Å². The molecule has 1 amide bonds. The summed E-state index contributed by atoms with van der Waals surface area (Å²) < 4.78 is 27.3. The van der Waals surface area contributed by atoms with Crippen molar-refractivity contribution >= 4 is 20.1 Å². The average Bonchev–Trinajstić information content (AvgIpc) is 2.78. The molecule has 0 bridgehead atoms. The summed E-state index contributed by atoms with van der Waals surface area (Å²) >= 11 is -4.93. The van der Waals surface area contributed by atoms with Crippen LogP contribution in [-0.2, 0) is 22.8 Å². The first-order valence-corrected chi connectivity index (χ1v) is 13.0.